The SMILES string of the molecule is CC(C)CNCC1(Oc2cc(Br)ccc2F)CC1. The van der Waals surface area contributed by atoms with Gasteiger partial charge in [0.2, 0.25) is 0 Å². The topological polar surface area (TPSA) is 21.3 Å². The molecule has 100 valence electrons. The maximum absolute atomic E-state index is 13.6. The second-order valence-corrected chi connectivity index (χ2v) is 6.30. The van der Waals surface area contributed by atoms with Gasteiger partial charge in [0.15, 0.2) is 11.6 Å². The molecule has 0 bridgehead atoms. The quantitative estimate of drug-likeness (QED) is 0.863. The minimum atomic E-state index is -0.298. The highest BCUT2D eigenvalue weighted by Crippen LogP contribution is 2.40. The summed E-state index contributed by atoms with van der Waals surface area (Å²) in [6.45, 7) is 6.09. The van der Waals surface area contributed by atoms with E-state index in [0.717, 1.165) is 30.4 Å². The van der Waals surface area contributed by atoms with Crippen LogP contribution in [0.5, 0.6) is 5.75 Å². The van der Waals surface area contributed by atoms with E-state index in [2.05, 4.69) is 35.1 Å². The first-order valence-electron chi connectivity index (χ1n) is 6.35. The summed E-state index contributed by atoms with van der Waals surface area (Å²) in [4.78, 5) is 0. The van der Waals surface area contributed by atoms with Gasteiger partial charge in [0.25, 0.3) is 0 Å². The second kappa shape index (κ2) is 5.57. The lowest BCUT2D eigenvalue weighted by Gasteiger charge is -2.20. The Morgan fingerprint density at radius 1 is 1.44 bits per heavy atom. The number of rotatable bonds is 6. The molecule has 0 saturated heterocycles. The van der Waals surface area contributed by atoms with Gasteiger partial charge in [-0.15, -0.1) is 0 Å². The Morgan fingerprint density at radius 3 is 2.78 bits per heavy atom. The summed E-state index contributed by atoms with van der Waals surface area (Å²) in [5.41, 5.74) is -0.198. The molecule has 2 rings (SSSR count). The van der Waals surface area contributed by atoms with Crippen LogP contribution < -0.4 is 10.1 Å². The first-order chi connectivity index (χ1) is 8.51. The van der Waals surface area contributed by atoms with E-state index in [4.69, 9.17) is 4.74 Å². The van der Waals surface area contributed by atoms with Gasteiger partial charge in [0.05, 0.1) is 0 Å². The van der Waals surface area contributed by atoms with Crippen molar-refractivity contribution in [1.82, 2.24) is 5.32 Å². The highest BCUT2D eigenvalue weighted by molar-refractivity contribution is 9.10. The summed E-state index contributed by atoms with van der Waals surface area (Å²) in [6.07, 6.45) is 1.98. The third-order valence-corrected chi connectivity index (χ3v) is 3.52. The van der Waals surface area contributed by atoms with Gasteiger partial charge < -0.3 is 10.1 Å². The first kappa shape index (κ1) is 13.8. The van der Waals surface area contributed by atoms with Crippen molar-refractivity contribution >= 4 is 15.9 Å². The summed E-state index contributed by atoms with van der Waals surface area (Å²) in [6, 6.07) is 4.80. The molecule has 0 amide bonds. The summed E-state index contributed by atoms with van der Waals surface area (Å²) in [5, 5.41) is 3.38. The van der Waals surface area contributed by atoms with Gasteiger partial charge in [-0.25, -0.2) is 4.39 Å². The van der Waals surface area contributed by atoms with Gasteiger partial charge in [-0.1, -0.05) is 29.8 Å². The molecule has 0 radical (unpaired) electrons. The van der Waals surface area contributed by atoms with E-state index in [1.807, 2.05) is 0 Å². The lowest BCUT2D eigenvalue weighted by molar-refractivity contribution is 0.166. The molecule has 1 fully saturated rings. The lowest BCUT2D eigenvalue weighted by atomic mass is 10.2. The number of benzene rings is 1. The van der Waals surface area contributed by atoms with E-state index in [9.17, 15) is 4.39 Å². The molecule has 0 spiro atoms. The molecule has 1 N–H and O–H groups in total. The molecule has 0 unspecified atom stereocenters. The molecule has 0 heterocycles. The average molecular weight is 316 g/mol. The van der Waals surface area contributed by atoms with E-state index >= 15 is 0 Å². The Kier molecular flexibility index (Phi) is 4.28. The fourth-order valence-electron chi connectivity index (χ4n) is 1.83. The molecule has 0 atom stereocenters. The number of hydrogen-bond acceptors (Lipinski definition) is 2. The maximum Gasteiger partial charge on any atom is 0.165 e. The normalized spacial score (nSPS) is 16.9. The molecule has 0 aliphatic heterocycles. The summed E-state index contributed by atoms with van der Waals surface area (Å²) in [7, 11) is 0. The molecule has 1 aromatic rings. The van der Waals surface area contributed by atoms with Gasteiger partial charge in [-0.3, -0.25) is 0 Å². The fraction of sp³-hybridized carbons (Fsp3) is 0.571. The molecule has 1 saturated carbocycles. The van der Waals surface area contributed by atoms with Gasteiger partial charge in [-0.05, 0) is 43.5 Å². The Labute approximate surface area is 116 Å². The van der Waals surface area contributed by atoms with Crippen LogP contribution in [0.2, 0.25) is 0 Å². The van der Waals surface area contributed by atoms with Gasteiger partial charge >= 0.3 is 0 Å². The predicted octanol–water partition coefficient (Wildman–Crippen LogP) is 3.75. The number of halogens is 2. The van der Waals surface area contributed by atoms with E-state index in [-0.39, 0.29) is 11.4 Å². The number of hydrogen-bond donors (Lipinski definition) is 1. The molecule has 1 aliphatic rings. The van der Waals surface area contributed by atoms with Crippen LogP contribution in [0.25, 0.3) is 0 Å². The Balaban J connectivity index is 1.94. The van der Waals surface area contributed by atoms with E-state index < -0.39 is 0 Å². The van der Waals surface area contributed by atoms with Gasteiger partial charge in [0.1, 0.15) is 5.60 Å². The van der Waals surface area contributed by atoms with E-state index in [1.165, 1.54) is 6.07 Å². The summed E-state index contributed by atoms with van der Waals surface area (Å²) in [5.74, 6) is 0.657. The average Bonchev–Trinajstić information content (AvgIpc) is 3.03. The minimum absolute atomic E-state index is 0.198. The zero-order chi connectivity index (χ0) is 13.2. The zero-order valence-electron chi connectivity index (χ0n) is 10.8. The lowest BCUT2D eigenvalue weighted by Crippen LogP contribution is -2.35. The molecule has 18 heavy (non-hydrogen) atoms. The summed E-state index contributed by atoms with van der Waals surface area (Å²) >= 11 is 3.33. The molecular formula is C14H19BrFNO. The van der Waals surface area contributed by atoms with Gasteiger partial charge in [-0.2, -0.15) is 0 Å². The number of nitrogens with one attached hydrogen (secondary N) is 1. The first-order valence-corrected chi connectivity index (χ1v) is 7.15. The van der Waals surface area contributed by atoms with Crippen molar-refractivity contribution in [1.29, 1.82) is 0 Å². The minimum Gasteiger partial charge on any atom is -0.483 e. The van der Waals surface area contributed by atoms with Gasteiger partial charge in [0, 0.05) is 11.0 Å². The van der Waals surface area contributed by atoms with E-state index in [0.29, 0.717) is 11.7 Å². The highest BCUT2D eigenvalue weighted by Gasteiger charge is 2.45. The van der Waals surface area contributed by atoms with Crippen molar-refractivity contribution in [3.8, 4) is 5.75 Å². The Morgan fingerprint density at radius 2 is 2.17 bits per heavy atom. The molecular weight excluding hydrogens is 297 g/mol. The van der Waals surface area contributed by atoms with Crippen LogP contribution in [0, 0.1) is 11.7 Å². The van der Waals surface area contributed by atoms with Crippen LogP contribution in [-0.4, -0.2) is 18.7 Å². The van der Waals surface area contributed by atoms with Crippen molar-refractivity contribution in [3.05, 3.63) is 28.5 Å². The molecule has 1 aromatic carbocycles. The van der Waals surface area contributed by atoms with Crippen molar-refractivity contribution in [2.24, 2.45) is 5.92 Å². The zero-order valence-corrected chi connectivity index (χ0v) is 12.4. The van der Waals surface area contributed by atoms with Crippen LogP contribution in [0.1, 0.15) is 26.7 Å². The highest BCUT2D eigenvalue weighted by atomic mass is 79.9. The fourth-order valence-corrected chi connectivity index (χ4v) is 2.17. The van der Waals surface area contributed by atoms with Crippen LogP contribution in [-0.2, 0) is 0 Å². The van der Waals surface area contributed by atoms with Crippen molar-refractivity contribution in [2.75, 3.05) is 13.1 Å². The standard InChI is InChI=1S/C14H19BrFNO/c1-10(2)8-17-9-14(5-6-14)18-13-7-11(15)3-4-12(13)16/h3-4,7,10,17H,5-6,8-9H2,1-2H3. The Bertz CT molecular complexity index is 418. The van der Waals surface area contributed by atoms with Crippen LogP contribution in [0.4, 0.5) is 4.39 Å². The molecule has 4 heteroatoms. The van der Waals surface area contributed by atoms with Crippen LogP contribution >= 0.6 is 15.9 Å². The molecule has 0 aromatic heterocycles. The molecule has 1 aliphatic carbocycles. The monoisotopic (exact) mass is 315 g/mol. The second-order valence-electron chi connectivity index (χ2n) is 5.38. The van der Waals surface area contributed by atoms with Crippen LogP contribution in [0.15, 0.2) is 22.7 Å². The number of ether oxygens (including phenoxy) is 1. The third kappa shape index (κ3) is 3.69. The summed E-state index contributed by atoms with van der Waals surface area (Å²) < 4.78 is 20.3. The van der Waals surface area contributed by atoms with Crippen molar-refractivity contribution in [2.45, 2.75) is 32.3 Å². The maximum atomic E-state index is 13.6. The van der Waals surface area contributed by atoms with Crippen molar-refractivity contribution in [3.63, 3.8) is 0 Å². The smallest absolute Gasteiger partial charge is 0.165 e. The Hall–Kier alpha value is -0.610. The van der Waals surface area contributed by atoms with Crippen molar-refractivity contribution < 1.29 is 9.13 Å². The molecule has 2 nitrogen and oxygen atoms in total. The van der Waals surface area contributed by atoms with Crippen LogP contribution in [0.3, 0.4) is 0 Å². The largest absolute Gasteiger partial charge is 0.483 e. The predicted molar refractivity (Wildman–Crippen MR) is 74.4 cm³/mol. The van der Waals surface area contributed by atoms with E-state index in [1.54, 1.807) is 12.1 Å². The third-order valence-electron chi connectivity index (χ3n) is 3.03.